The van der Waals surface area contributed by atoms with E-state index < -0.39 is 0 Å². The lowest BCUT2D eigenvalue weighted by molar-refractivity contribution is 0.204. The van der Waals surface area contributed by atoms with Crippen molar-refractivity contribution in [3.8, 4) is 0 Å². The minimum Gasteiger partial charge on any atom is -0.0651 e. The summed E-state index contributed by atoms with van der Waals surface area (Å²) in [5.41, 5.74) is 2.13. The van der Waals surface area contributed by atoms with Crippen molar-refractivity contribution in [1.29, 1.82) is 0 Å². The second kappa shape index (κ2) is 4.30. The molecule has 0 fully saturated rings. The maximum atomic E-state index is 3.62. The Morgan fingerprint density at radius 1 is 1.23 bits per heavy atom. The topological polar surface area (TPSA) is 0 Å². The van der Waals surface area contributed by atoms with E-state index in [1.165, 1.54) is 32.1 Å². The second-order valence-electron chi connectivity index (χ2n) is 4.18. The van der Waals surface area contributed by atoms with E-state index in [4.69, 9.17) is 0 Å². The first kappa shape index (κ1) is 10.8. The summed E-state index contributed by atoms with van der Waals surface area (Å²) in [5, 5.41) is 0. The summed E-state index contributed by atoms with van der Waals surface area (Å²) >= 11 is 0. The zero-order chi connectivity index (χ0) is 9.90. The van der Waals surface area contributed by atoms with E-state index in [0.717, 1.165) is 5.92 Å². The SMILES string of the molecule is CCC1=[C]CC(CC)C1(CC)CC. The van der Waals surface area contributed by atoms with Crippen LogP contribution in [0.2, 0.25) is 0 Å². The van der Waals surface area contributed by atoms with Crippen molar-refractivity contribution in [2.75, 3.05) is 0 Å². The van der Waals surface area contributed by atoms with Crippen LogP contribution in [0.5, 0.6) is 0 Å². The van der Waals surface area contributed by atoms with Gasteiger partial charge in [0.2, 0.25) is 0 Å². The fraction of sp³-hybridized carbons (Fsp3) is 0.846. The lowest BCUT2D eigenvalue weighted by Gasteiger charge is -2.36. The Balaban J connectivity index is 2.89. The van der Waals surface area contributed by atoms with Crippen LogP contribution >= 0.6 is 0 Å². The lowest BCUT2D eigenvalue weighted by atomic mass is 9.68. The first-order chi connectivity index (χ1) is 6.25. The summed E-state index contributed by atoms with van der Waals surface area (Å²) in [6, 6.07) is 0. The van der Waals surface area contributed by atoms with Gasteiger partial charge in [0, 0.05) is 0 Å². The molecular formula is C13H23. The van der Waals surface area contributed by atoms with Crippen molar-refractivity contribution >= 4 is 0 Å². The zero-order valence-electron chi connectivity index (χ0n) is 9.61. The standard InChI is InChI=1S/C13H23/c1-5-11-9-10-12(6-2)13(11,7-3)8-4/h11H,5-9H2,1-4H3. The average molecular weight is 179 g/mol. The van der Waals surface area contributed by atoms with Crippen LogP contribution in [0.25, 0.3) is 0 Å². The van der Waals surface area contributed by atoms with Gasteiger partial charge in [0.1, 0.15) is 0 Å². The van der Waals surface area contributed by atoms with Gasteiger partial charge in [-0.25, -0.2) is 0 Å². The van der Waals surface area contributed by atoms with Gasteiger partial charge in [0.25, 0.3) is 0 Å². The molecule has 0 aromatic carbocycles. The van der Waals surface area contributed by atoms with Gasteiger partial charge in [-0.05, 0) is 43.1 Å². The molecule has 0 spiro atoms. The molecule has 1 aliphatic carbocycles. The highest BCUT2D eigenvalue weighted by atomic mass is 14.4. The third-order valence-electron chi connectivity index (χ3n) is 4.05. The van der Waals surface area contributed by atoms with Gasteiger partial charge in [-0.15, -0.1) is 0 Å². The van der Waals surface area contributed by atoms with Crippen molar-refractivity contribution in [3.05, 3.63) is 11.6 Å². The molecule has 0 saturated carbocycles. The third-order valence-corrected chi connectivity index (χ3v) is 4.05. The number of hydrogen-bond acceptors (Lipinski definition) is 0. The molecule has 1 rings (SSSR count). The number of allylic oxidation sites excluding steroid dienone is 2. The van der Waals surface area contributed by atoms with E-state index >= 15 is 0 Å². The van der Waals surface area contributed by atoms with Gasteiger partial charge in [-0.1, -0.05) is 39.7 Å². The van der Waals surface area contributed by atoms with Crippen LogP contribution in [-0.4, -0.2) is 0 Å². The van der Waals surface area contributed by atoms with Gasteiger partial charge in [0.05, 0.1) is 0 Å². The van der Waals surface area contributed by atoms with E-state index in [-0.39, 0.29) is 0 Å². The second-order valence-corrected chi connectivity index (χ2v) is 4.18. The number of hydrogen-bond donors (Lipinski definition) is 0. The van der Waals surface area contributed by atoms with E-state index in [0.29, 0.717) is 5.41 Å². The average Bonchev–Trinajstić information content (AvgIpc) is 2.55. The van der Waals surface area contributed by atoms with Crippen LogP contribution in [0.15, 0.2) is 5.57 Å². The first-order valence-electron chi connectivity index (χ1n) is 5.85. The Kier molecular flexibility index (Phi) is 3.58. The molecule has 1 atom stereocenters. The van der Waals surface area contributed by atoms with Crippen LogP contribution in [-0.2, 0) is 0 Å². The molecule has 0 aromatic rings. The molecule has 0 heteroatoms. The van der Waals surface area contributed by atoms with Crippen LogP contribution in [0.3, 0.4) is 0 Å². The highest BCUT2D eigenvalue weighted by Crippen LogP contribution is 2.51. The third kappa shape index (κ3) is 1.56. The molecule has 0 aromatic heterocycles. The smallest absolute Gasteiger partial charge is 0.00562 e. The van der Waals surface area contributed by atoms with E-state index in [1.807, 2.05) is 0 Å². The van der Waals surface area contributed by atoms with Gasteiger partial charge in [0.15, 0.2) is 0 Å². The quantitative estimate of drug-likeness (QED) is 0.601. The van der Waals surface area contributed by atoms with Crippen molar-refractivity contribution in [2.24, 2.45) is 11.3 Å². The predicted octanol–water partition coefficient (Wildman–Crippen LogP) is 4.36. The monoisotopic (exact) mass is 179 g/mol. The van der Waals surface area contributed by atoms with Crippen molar-refractivity contribution in [2.45, 2.75) is 59.8 Å². The van der Waals surface area contributed by atoms with Gasteiger partial charge in [-0.2, -0.15) is 0 Å². The molecule has 75 valence electrons. The van der Waals surface area contributed by atoms with E-state index in [2.05, 4.69) is 33.8 Å². The fourth-order valence-electron chi connectivity index (χ4n) is 3.13. The highest BCUT2D eigenvalue weighted by Gasteiger charge is 2.40. The summed E-state index contributed by atoms with van der Waals surface area (Å²) in [6.07, 6.45) is 9.96. The Morgan fingerprint density at radius 3 is 2.23 bits per heavy atom. The fourth-order valence-corrected chi connectivity index (χ4v) is 3.13. The highest BCUT2D eigenvalue weighted by molar-refractivity contribution is 5.18. The summed E-state index contributed by atoms with van der Waals surface area (Å²) in [5.74, 6) is 0.873. The van der Waals surface area contributed by atoms with E-state index in [1.54, 1.807) is 5.57 Å². The summed E-state index contributed by atoms with van der Waals surface area (Å²) in [6.45, 7) is 9.29. The summed E-state index contributed by atoms with van der Waals surface area (Å²) < 4.78 is 0. The van der Waals surface area contributed by atoms with Crippen molar-refractivity contribution in [1.82, 2.24) is 0 Å². The molecular weight excluding hydrogens is 156 g/mol. The van der Waals surface area contributed by atoms with Crippen molar-refractivity contribution < 1.29 is 0 Å². The normalized spacial score (nSPS) is 26.2. The van der Waals surface area contributed by atoms with Crippen LogP contribution in [0, 0.1) is 17.4 Å². The zero-order valence-corrected chi connectivity index (χ0v) is 9.61. The molecule has 0 bridgehead atoms. The minimum absolute atomic E-state index is 0.517. The first-order valence-corrected chi connectivity index (χ1v) is 5.85. The molecule has 1 unspecified atom stereocenters. The van der Waals surface area contributed by atoms with Crippen LogP contribution < -0.4 is 0 Å². The van der Waals surface area contributed by atoms with Crippen molar-refractivity contribution in [3.63, 3.8) is 0 Å². The van der Waals surface area contributed by atoms with Gasteiger partial charge < -0.3 is 0 Å². The Bertz CT molecular complexity index is 184. The molecule has 0 amide bonds. The molecule has 0 saturated heterocycles. The van der Waals surface area contributed by atoms with Gasteiger partial charge >= 0.3 is 0 Å². The summed E-state index contributed by atoms with van der Waals surface area (Å²) in [4.78, 5) is 0. The summed E-state index contributed by atoms with van der Waals surface area (Å²) in [7, 11) is 0. The Hall–Kier alpha value is -0.260. The maximum absolute atomic E-state index is 3.62. The predicted molar refractivity (Wildman–Crippen MR) is 58.5 cm³/mol. The molecule has 0 nitrogen and oxygen atoms in total. The number of rotatable bonds is 4. The van der Waals surface area contributed by atoms with Crippen LogP contribution in [0.4, 0.5) is 0 Å². The molecule has 1 radical (unpaired) electrons. The lowest BCUT2D eigenvalue weighted by Crippen LogP contribution is -2.26. The molecule has 0 N–H and O–H groups in total. The Morgan fingerprint density at radius 2 is 1.85 bits per heavy atom. The molecule has 0 aliphatic heterocycles. The van der Waals surface area contributed by atoms with Gasteiger partial charge in [-0.3, -0.25) is 0 Å². The van der Waals surface area contributed by atoms with E-state index in [9.17, 15) is 0 Å². The molecule has 0 heterocycles. The minimum atomic E-state index is 0.517. The largest absolute Gasteiger partial charge is 0.0651 e. The maximum Gasteiger partial charge on any atom is -0.00562 e. The van der Waals surface area contributed by atoms with Crippen LogP contribution in [0.1, 0.15) is 59.8 Å². The Labute approximate surface area is 83.4 Å². The molecule has 1 aliphatic rings. The molecule has 13 heavy (non-hydrogen) atoms.